The number of hydrogen-bond donors (Lipinski definition) is 3. The molecule has 4 N–H and O–H groups in total. The van der Waals surface area contributed by atoms with Gasteiger partial charge in [-0.15, -0.1) is 0 Å². The molecular weight excluding hydrogens is 266 g/mol. The number of nitrogens with two attached hydrogens (primary N) is 1. The molecule has 0 aliphatic carbocycles. The van der Waals surface area contributed by atoms with Crippen LogP contribution in [0.15, 0.2) is 29.2 Å². The molecule has 1 amide bonds. The number of amides is 1. The van der Waals surface area contributed by atoms with Gasteiger partial charge >= 0.3 is 0 Å². The lowest BCUT2D eigenvalue weighted by Crippen LogP contribution is -2.38. The molecule has 19 heavy (non-hydrogen) atoms. The molecule has 0 fully saturated rings. The first kappa shape index (κ1) is 15.5. The summed E-state index contributed by atoms with van der Waals surface area (Å²) < 4.78 is 26.1. The van der Waals surface area contributed by atoms with Gasteiger partial charge in [-0.1, -0.05) is 26.0 Å². The van der Waals surface area contributed by atoms with Crippen LogP contribution in [0.4, 0.5) is 5.69 Å². The highest BCUT2D eigenvalue weighted by molar-refractivity contribution is 7.89. The summed E-state index contributed by atoms with van der Waals surface area (Å²) in [5.74, 6) is -0.0582. The molecule has 0 aliphatic rings. The molecule has 0 heterocycles. The largest absolute Gasteiger partial charge is 0.398 e. The third-order valence-electron chi connectivity index (χ3n) is 2.34. The Morgan fingerprint density at radius 2 is 1.95 bits per heavy atom. The fourth-order valence-corrected chi connectivity index (χ4v) is 2.46. The van der Waals surface area contributed by atoms with E-state index in [0.29, 0.717) is 12.5 Å². The Kier molecular flexibility index (Phi) is 5.31. The highest BCUT2D eigenvalue weighted by Crippen LogP contribution is 2.16. The summed E-state index contributed by atoms with van der Waals surface area (Å²) >= 11 is 0. The van der Waals surface area contributed by atoms with E-state index in [0.717, 1.165) is 0 Å². The van der Waals surface area contributed by atoms with Crippen LogP contribution < -0.4 is 15.8 Å². The summed E-state index contributed by atoms with van der Waals surface area (Å²) in [5, 5.41) is 2.62. The highest BCUT2D eigenvalue weighted by atomic mass is 32.2. The number of hydrogen-bond acceptors (Lipinski definition) is 4. The molecule has 0 aromatic heterocycles. The number of anilines is 1. The van der Waals surface area contributed by atoms with Crippen molar-refractivity contribution in [1.82, 2.24) is 10.0 Å². The maximum atomic E-state index is 11.9. The highest BCUT2D eigenvalue weighted by Gasteiger charge is 2.17. The van der Waals surface area contributed by atoms with Gasteiger partial charge in [0.15, 0.2) is 0 Å². The topological polar surface area (TPSA) is 101 Å². The molecule has 106 valence electrons. The van der Waals surface area contributed by atoms with E-state index in [4.69, 9.17) is 5.73 Å². The average molecular weight is 285 g/mol. The van der Waals surface area contributed by atoms with E-state index in [9.17, 15) is 13.2 Å². The van der Waals surface area contributed by atoms with E-state index in [1.807, 2.05) is 13.8 Å². The van der Waals surface area contributed by atoms with Gasteiger partial charge in [-0.25, -0.2) is 13.1 Å². The lowest BCUT2D eigenvalue weighted by atomic mass is 10.2. The van der Waals surface area contributed by atoms with E-state index in [1.165, 1.54) is 12.1 Å². The van der Waals surface area contributed by atoms with Crippen LogP contribution in [0.1, 0.15) is 13.8 Å². The molecule has 0 aliphatic heterocycles. The number of nitrogens with one attached hydrogen (secondary N) is 2. The summed E-state index contributed by atoms with van der Waals surface area (Å²) in [6.07, 6.45) is 0. The molecule has 6 nitrogen and oxygen atoms in total. The van der Waals surface area contributed by atoms with Gasteiger partial charge in [-0.3, -0.25) is 4.79 Å². The van der Waals surface area contributed by atoms with Gasteiger partial charge in [0.05, 0.1) is 12.2 Å². The normalized spacial score (nSPS) is 11.5. The van der Waals surface area contributed by atoms with Gasteiger partial charge in [0.25, 0.3) is 0 Å². The molecule has 0 saturated heterocycles. The number of rotatable bonds is 6. The first-order valence-corrected chi connectivity index (χ1v) is 7.42. The van der Waals surface area contributed by atoms with Crippen LogP contribution in [-0.4, -0.2) is 27.4 Å². The van der Waals surface area contributed by atoms with Crippen molar-refractivity contribution in [2.45, 2.75) is 18.7 Å². The zero-order chi connectivity index (χ0) is 14.5. The second-order valence-electron chi connectivity index (χ2n) is 4.56. The molecule has 0 bridgehead atoms. The summed E-state index contributed by atoms with van der Waals surface area (Å²) in [5.41, 5.74) is 5.74. The first-order chi connectivity index (χ1) is 8.83. The zero-order valence-electron chi connectivity index (χ0n) is 11.0. The van der Waals surface area contributed by atoms with E-state index >= 15 is 0 Å². The third-order valence-corrected chi connectivity index (χ3v) is 3.81. The van der Waals surface area contributed by atoms with E-state index < -0.39 is 10.0 Å². The lowest BCUT2D eigenvalue weighted by molar-refractivity contribution is -0.120. The van der Waals surface area contributed by atoms with Gasteiger partial charge in [0.1, 0.15) is 4.90 Å². The summed E-state index contributed by atoms with van der Waals surface area (Å²) in [6, 6.07) is 6.10. The number of benzene rings is 1. The van der Waals surface area contributed by atoms with Crippen LogP contribution in [0.2, 0.25) is 0 Å². The van der Waals surface area contributed by atoms with Crippen LogP contribution in [0.5, 0.6) is 0 Å². The predicted octanol–water partition coefficient (Wildman–Crippen LogP) is 0.319. The standard InChI is InChI=1S/C12H19N3O3S/c1-9(2)7-14-12(16)8-15-19(17,18)11-6-4-3-5-10(11)13/h3-6,9,15H,7-8,13H2,1-2H3,(H,14,16). The smallest absolute Gasteiger partial charge is 0.243 e. The Hall–Kier alpha value is -1.60. The fourth-order valence-electron chi connectivity index (χ4n) is 1.34. The first-order valence-electron chi connectivity index (χ1n) is 5.94. The van der Waals surface area contributed by atoms with Crippen LogP contribution in [0.25, 0.3) is 0 Å². The molecule has 1 aromatic carbocycles. The predicted molar refractivity (Wildman–Crippen MR) is 73.9 cm³/mol. The van der Waals surface area contributed by atoms with Gasteiger partial charge < -0.3 is 11.1 Å². The van der Waals surface area contributed by atoms with Crippen molar-refractivity contribution in [3.05, 3.63) is 24.3 Å². The molecule has 0 saturated carbocycles. The van der Waals surface area contributed by atoms with Crippen molar-refractivity contribution in [2.75, 3.05) is 18.8 Å². The Morgan fingerprint density at radius 1 is 1.32 bits per heavy atom. The molecule has 1 aromatic rings. The minimum Gasteiger partial charge on any atom is -0.398 e. The van der Waals surface area contributed by atoms with Crippen LogP contribution >= 0.6 is 0 Å². The number of carbonyl (C=O) groups is 1. The quantitative estimate of drug-likeness (QED) is 0.655. The van der Waals surface area contributed by atoms with Crippen LogP contribution in [0, 0.1) is 5.92 Å². The Morgan fingerprint density at radius 3 is 2.53 bits per heavy atom. The van der Waals surface area contributed by atoms with Crippen molar-refractivity contribution in [2.24, 2.45) is 5.92 Å². The van der Waals surface area contributed by atoms with Crippen molar-refractivity contribution >= 4 is 21.6 Å². The van der Waals surface area contributed by atoms with Crippen molar-refractivity contribution in [3.63, 3.8) is 0 Å². The Labute approximate surface area is 113 Å². The molecule has 1 rings (SSSR count). The van der Waals surface area contributed by atoms with Gasteiger partial charge in [0.2, 0.25) is 15.9 Å². The zero-order valence-corrected chi connectivity index (χ0v) is 11.8. The number of para-hydroxylation sites is 1. The third kappa shape index (κ3) is 4.88. The van der Waals surface area contributed by atoms with Crippen LogP contribution in [0.3, 0.4) is 0 Å². The van der Waals surface area contributed by atoms with E-state index in [2.05, 4.69) is 10.0 Å². The molecule has 0 spiro atoms. The minimum absolute atomic E-state index is 0.0216. The molecular formula is C12H19N3O3S. The lowest BCUT2D eigenvalue weighted by Gasteiger charge is -2.10. The van der Waals surface area contributed by atoms with E-state index in [-0.39, 0.29) is 23.0 Å². The minimum atomic E-state index is -3.76. The van der Waals surface area contributed by atoms with Gasteiger partial charge in [0, 0.05) is 6.54 Å². The molecule has 0 unspecified atom stereocenters. The average Bonchev–Trinajstić information content (AvgIpc) is 2.34. The summed E-state index contributed by atoms with van der Waals surface area (Å²) in [4.78, 5) is 11.4. The second-order valence-corrected chi connectivity index (χ2v) is 6.30. The SMILES string of the molecule is CC(C)CNC(=O)CNS(=O)(=O)c1ccccc1N. The van der Waals surface area contributed by atoms with Crippen LogP contribution in [-0.2, 0) is 14.8 Å². The van der Waals surface area contributed by atoms with Gasteiger partial charge in [-0.05, 0) is 18.1 Å². The second kappa shape index (κ2) is 6.53. The molecule has 0 radical (unpaired) electrons. The molecule has 7 heteroatoms. The fraction of sp³-hybridized carbons (Fsp3) is 0.417. The summed E-state index contributed by atoms with van der Waals surface area (Å²) in [7, 11) is -3.76. The van der Waals surface area contributed by atoms with E-state index in [1.54, 1.807) is 12.1 Å². The van der Waals surface area contributed by atoms with Crippen molar-refractivity contribution in [1.29, 1.82) is 0 Å². The number of sulfonamides is 1. The Balaban J connectivity index is 2.62. The van der Waals surface area contributed by atoms with Gasteiger partial charge in [-0.2, -0.15) is 0 Å². The monoisotopic (exact) mass is 285 g/mol. The Bertz CT molecular complexity index is 541. The summed E-state index contributed by atoms with van der Waals surface area (Å²) in [6.45, 7) is 4.11. The molecule has 0 atom stereocenters. The maximum absolute atomic E-state index is 11.9. The number of nitrogen functional groups attached to an aromatic ring is 1. The number of carbonyl (C=O) groups excluding carboxylic acids is 1. The maximum Gasteiger partial charge on any atom is 0.243 e. The van der Waals surface area contributed by atoms with Crippen molar-refractivity contribution in [3.8, 4) is 0 Å². The van der Waals surface area contributed by atoms with Crippen molar-refractivity contribution < 1.29 is 13.2 Å².